The summed E-state index contributed by atoms with van der Waals surface area (Å²) in [4.78, 5) is 26.9. The topological polar surface area (TPSA) is 61.4 Å². The molecule has 3 aromatic rings. The molecule has 0 atom stereocenters. The van der Waals surface area contributed by atoms with Crippen LogP contribution in [0.2, 0.25) is 0 Å². The van der Waals surface area contributed by atoms with Crippen LogP contribution in [0.5, 0.6) is 0 Å². The molecule has 1 aromatic heterocycles. The molecule has 2 N–H and O–H groups in total. The number of anilines is 2. The van der Waals surface area contributed by atoms with Crippen molar-refractivity contribution in [2.75, 3.05) is 17.7 Å². The van der Waals surface area contributed by atoms with Crippen LogP contribution in [0, 0.1) is 6.92 Å². The molecule has 0 bridgehead atoms. The lowest BCUT2D eigenvalue weighted by Gasteiger charge is -2.19. The first-order chi connectivity index (χ1) is 13.0. The van der Waals surface area contributed by atoms with E-state index in [1.54, 1.807) is 42.3 Å². The van der Waals surface area contributed by atoms with Gasteiger partial charge in [0.05, 0.1) is 4.88 Å². The van der Waals surface area contributed by atoms with Crippen molar-refractivity contribution in [2.24, 2.45) is 0 Å². The number of hydrogen-bond donors (Lipinski definition) is 2. The second-order valence-electron chi connectivity index (χ2n) is 6.22. The van der Waals surface area contributed by atoms with E-state index in [4.69, 9.17) is 0 Å². The molecule has 0 aliphatic carbocycles. The van der Waals surface area contributed by atoms with Gasteiger partial charge >= 0.3 is 6.03 Å². The van der Waals surface area contributed by atoms with Crippen LogP contribution in [-0.2, 0) is 6.54 Å². The number of rotatable bonds is 5. The molecule has 138 valence electrons. The molecule has 0 saturated heterocycles. The van der Waals surface area contributed by atoms with Crippen LogP contribution in [-0.4, -0.2) is 23.9 Å². The van der Waals surface area contributed by atoms with Gasteiger partial charge in [-0.15, -0.1) is 11.3 Å². The van der Waals surface area contributed by atoms with E-state index in [1.807, 2.05) is 42.6 Å². The molecule has 0 saturated carbocycles. The first kappa shape index (κ1) is 18.7. The zero-order valence-electron chi connectivity index (χ0n) is 15.2. The molecule has 27 heavy (non-hydrogen) atoms. The molecule has 3 amide bonds. The Labute approximate surface area is 162 Å². The zero-order valence-corrected chi connectivity index (χ0v) is 16.0. The minimum Gasteiger partial charge on any atom is -0.323 e. The molecule has 0 unspecified atom stereocenters. The summed E-state index contributed by atoms with van der Waals surface area (Å²) in [6, 6.07) is 18.5. The quantitative estimate of drug-likeness (QED) is 0.657. The van der Waals surface area contributed by atoms with E-state index in [-0.39, 0.29) is 11.9 Å². The van der Waals surface area contributed by atoms with Gasteiger partial charge in [-0.3, -0.25) is 4.79 Å². The third kappa shape index (κ3) is 4.95. The Morgan fingerprint density at radius 2 is 1.70 bits per heavy atom. The first-order valence-corrected chi connectivity index (χ1v) is 9.42. The van der Waals surface area contributed by atoms with Gasteiger partial charge in [0.25, 0.3) is 5.91 Å². The van der Waals surface area contributed by atoms with Gasteiger partial charge < -0.3 is 15.5 Å². The summed E-state index contributed by atoms with van der Waals surface area (Å²) in [5, 5.41) is 7.57. The summed E-state index contributed by atoms with van der Waals surface area (Å²) < 4.78 is 0. The molecular formula is C21H21N3O2S. The molecule has 0 aliphatic heterocycles. The van der Waals surface area contributed by atoms with Crippen molar-refractivity contribution in [3.8, 4) is 0 Å². The maximum Gasteiger partial charge on any atom is 0.321 e. The van der Waals surface area contributed by atoms with E-state index in [0.717, 1.165) is 11.1 Å². The van der Waals surface area contributed by atoms with Crippen LogP contribution >= 0.6 is 11.3 Å². The Morgan fingerprint density at radius 3 is 2.41 bits per heavy atom. The van der Waals surface area contributed by atoms with Gasteiger partial charge in [-0.25, -0.2) is 4.79 Å². The van der Waals surface area contributed by atoms with Crippen molar-refractivity contribution in [3.05, 3.63) is 82.0 Å². The molecule has 0 spiro atoms. The van der Waals surface area contributed by atoms with E-state index in [1.165, 1.54) is 11.3 Å². The monoisotopic (exact) mass is 379 g/mol. The van der Waals surface area contributed by atoms with Crippen LogP contribution in [0.15, 0.2) is 66.0 Å². The Kier molecular flexibility index (Phi) is 5.88. The van der Waals surface area contributed by atoms with Gasteiger partial charge in [0.2, 0.25) is 0 Å². The number of amides is 3. The third-order valence-electron chi connectivity index (χ3n) is 4.13. The standard InChI is InChI=1S/C21H21N3O2S/c1-15-7-3-4-8-16(15)14-24(2)21(26)23-18-10-5-9-17(13-18)22-20(25)19-11-6-12-27-19/h3-13H,14H2,1-2H3,(H,22,25)(H,23,26). The summed E-state index contributed by atoms with van der Waals surface area (Å²) in [5.41, 5.74) is 3.51. The van der Waals surface area contributed by atoms with Crippen molar-refractivity contribution in [1.82, 2.24) is 4.90 Å². The normalized spacial score (nSPS) is 10.3. The number of hydrogen-bond acceptors (Lipinski definition) is 3. The smallest absolute Gasteiger partial charge is 0.321 e. The van der Waals surface area contributed by atoms with Crippen LogP contribution in [0.25, 0.3) is 0 Å². The van der Waals surface area contributed by atoms with Crippen LogP contribution < -0.4 is 10.6 Å². The van der Waals surface area contributed by atoms with E-state index in [0.29, 0.717) is 22.8 Å². The van der Waals surface area contributed by atoms with E-state index >= 15 is 0 Å². The summed E-state index contributed by atoms with van der Waals surface area (Å²) >= 11 is 1.38. The maximum atomic E-state index is 12.5. The highest BCUT2D eigenvalue weighted by atomic mass is 32.1. The average molecular weight is 379 g/mol. The van der Waals surface area contributed by atoms with Crippen molar-refractivity contribution >= 4 is 34.6 Å². The van der Waals surface area contributed by atoms with Gasteiger partial charge in [-0.05, 0) is 47.7 Å². The lowest BCUT2D eigenvalue weighted by Crippen LogP contribution is -2.31. The highest BCUT2D eigenvalue weighted by Gasteiger charge is 2.12. The molecule has 0 fully saturated rings. The molecule has 3 rings (SSSR count). The first-order valence-electron chi connectivity index (χ1n) is 8.54. The van der Waals surface area contributed by atoms with Crippen molar-refractivity contribution < 1.29 is 9.59 Å². The number of urea groups is 1. The fourth-order valence-electron chi connectivity index (χ4n) is 2.61. The SMILES string of the molecule is Cc1ccccc1CN(C)C(=O)Nc1cccc(NC(=O)c2cccs2)c1. The van der Waals surface area contributed by atoms with Gasteiger partial charge in [0.15, 0.2) is 0 Å². The second-order valence-corrected chi connectivity index (χ2v) is 7.17. The van der Waals surface area contributed by atoms with Gasteiger partial charge in [-0.1, -0.05) is 36.4 Å². The summed E-state index contributed by atoms with van der Waals surface area (Å²) in [6.07, 6.45) is 0. The number of aryl methyl sites for hydroxylation is 1. The Bertz CT molecular complexity index is 938. The molecule has 0 aliphatic rings. The second kappa shape index (κ2) is 8.51. The molecule has 0 radical (unpaired) electrons. The Hall–Kier alpha value is -3.12. The third-order valence-corrected chi connectivity index (χ3v) is 5.00. The number of thiophene rings is 1. The largest absolute Gasteiger partial charge is 0.323 e. The van der Waals surface area contributed by atoms with Gasteiger partial charge in [-0.2, -0.15) is 0 Å². The highest BCUT2D eigenvalue weighted by Crippen LogP contribution is 2.18. The minimum atomic E-state index is -0.208. The Balaban J connectivity index is 1.62. The van der Waals surface area contributed by atoms with E-state index < -0.39 is 0 Å². The molecule has 5 nitrogen and oxygen atoms in total. The summed E-state index contributed by atoms with van der Waals surface area (Å²) in [5.74, 6) is -0.162. The van der Waals surface area contributed by atoms with Crippen molar-refractivity contribution in [3.63, 3.8) is 0 Å². The van der Waals surface area contributed by atoms with Crippen molar-refractivity contribution in [1.29, 1.82) is 0 Å². The maximum absolute atomic E-state index is 12.5. The number of nitrogens with zero attached hydrogens (tertiary/aromatic N) is 1. The fourth-order valence-corrected chi connectivity index (χ4v) is 3.23. The predicted molar refractivity (Wildman–Crippen MR) is 110 cm³/mol. The van der Waals surface area contributed by atoms with E-state index in [9.17, 15) is 9.59 Å². The lowest BCUT2D eigenvalue weighted by molar-refractivity contribution is 0.103. The van der Waals surface area contributed by atoms with E-state index in [2.05, 4.69) is 10.6 Å². The zero-order chi connectivity index (χ0) is 19.2. The van der Waals surface area contributed by atoms with Crippen molar-refractivity contribution in [2.45, 2.75) is 13.5 Å². The molecule has 6 heteroatoms. The Morgan fingerprint density at radius 1 is 0.963 bits per heavy atom. The average Bonchev–Trinajstić information content (AvgIpc) is 3.19. The number of benzene rings is 2. The number of nitrogens with one attached hydrogen (secondary N) is 2. The van der Waals surface area contributed by atoms with Crippen LogP contribution in [0.3, 0.4) is 0 Å². The van der Waals surface area contributed by atoms with Gasteiger partial charge in [0.1, 0.15) is 0 Å². The van der Waals surface area contributed by atoms with Gasteiger partial charge in [0, 0.05) is 25.0 Å². The summed E-state index contributed by atoms with van der Waals surface area (Å²) in [6.45, 7) is 2.55. The number of carbonyl (C=O) groups excluding carboxylic acids is 2. The predicted octanol–water partition coefficient (Wildman–Crippen LogP) is 4.97. The summed E-state index contributed by atoms with van der Waals surface area (Å²) in [7, 11) is 1.75. The molecule has 2 aromatic carbocycles. The van der Waals surface area contributed by atoms with Crippen LogP contribution in [0.1, 0.15) is 20.8 Å². The van der Waals surface area contributed by atoms with Crippen LogP contribution in [0.4, 0.5) is 16.2 Å². The highest BCUT2D eigenvalue weighted by molar-refractivity contribution is 7.12. The minimum absolute atomic E-state index is 0.162. The fraction of sp³-hybridized carbons (Fsp3) is 0.143. The number of carbonyl (C=O) groups is 2. The lowest BCUT2D eigenvalue weighted by atomic mass is 10.1. The molecule has 1 heterocycles. The molecular weight excluding hydrogens is 358 g/mol.